The molecule has 1 heterocycles. The second-order valence-electron chi connectivity index (χ2n) is 6.36. The Labute approximate surface area is 169 Å². The van der Waals surface area contributed by atoms with Crippen LogP contribution in [0.25, 0.3) is 6.08 Å². The summed E-state index contributed by atoms with van der Waals surface area (Å²) in [7, 11) is -3.62. The molecule has 1 aliphatic rings. The molecule has 2 aromatic rings. The van der Waals surface area contributed by atoms with Crippen LogP contribution in [0.5, 0.6) is 0 Å². The van der Waals surface area contributed by atoms with Gasteiger partial charge in [-0.1, -0.05) is 29.8 Å². The Morgan fingerprint density at radius 2 is 1.93 bits per heavy atom. The first-order valence-electron chi connectivity index (χ1n) is 8.89. The van der Waals surface area contributed by atoms with E-state index in [2.05, 4.69) is 10.0 Å². The number of hydrogen-bond donors (Lipinski definition) is 2. The zero-order valence-corrected chi connectivity index (χ0v) is 16.7. The molecule has 0 saturated carbocycles. The largest absolute Gasteiger partial charge is 0.377 e. The molecule has 0 spiro atoms. The quantitative estimate of drug-likeness (QED) is 0.672. The van der Waals surface area contributed by atoms with Gasteiger partial charge in [-0.05, 0) is 54.8 Å². The number of carbonyl (C=O) groups excluding carboxylic acids is 1. The molecular weight excluding hydrogens is 400 g/mol. The van der Waals surface area contributed by atoms with Crippen LogP contribution in [-0.4, -0.2) is 33.6 Å². The van der Waals surface area contributed by atoms with Crippen LogP contribution in [0.3, 0.4) is 0 Å². The average Bonchev–Trinajstić information content (AvgIpc) is 3.20. The molecule has 0 bridgehead atoms. The summed E-state index contributed by atoms with van der Waals surface area (Å²) in [5.41, 5.74) is 1.23. The summed E-state index contributed by atoms with van der Waals surface area (Å²) in [6.45, 7) is 0.930. The molecular formula is C20H21ClN2O4S. The Bertz CT molecular complexity index is 952. The van der Waals surface area contributed by atoms with E-state index in [4.69, 9.17) is 16.3 Å². The number of anilines is 1. The Hall–Kier alpha value is -2.19. The van der Waals surface area contributed by atoms with Crippen molar-refractivity contribution in [1.82, 2.24) is 4.72 Å². The summed E-state index contributed by atoms with van der Waals surface area (Å²) in [5, 5.41) is 3.24. The minimum absolute atomic E-state index is 0.0711. The van der Waals surface area contributed by atoms with Crippen LogP contribution < -0.4 is 10.0 Å². The van der Waals surface area contributed by atoms with E-state index in [1.54, 1.807) is 30.3 Å². The summed E-state index contributed by atoms with van der Waals surface area (Å²) in [6.07, 6.45) is 4.72. The van der Waals surface area contributed by atoms with E-state index in [9.17, 15) is 13.2 Å². The molecule has 2 aromatic carbocycles. The number of benzene rings is 2. The molecule has 148 valence electrons. The molecule has 1 unspecified atom stereocenters. The summed E-state index contributed by atoms with van der Waals surface area (Å²) in [6, 6.07) is 13.2. The molecule has 8 heteroatoms. The zero-order valence-electron chi connectivity index (χ0n) is 15.1. The number of rotatable bonds is 7. The first-order chi connectivity index (χ1) is 13.4. The molecule has 1 saturated heterocycles. The lowest BCUT2D eigenvalue weighted by Gasteiger charge is -2.11. The summed E-state index contributed by atoms with van der Waals surface area (Å²) < 4.78 is 32.6. The lowest BCUT2D eigenvalue weighted by Crippen LogP contribution is -2.31. The van der Waals surface area contributed by atoms with Crippen LogP contribution in [0.1, 0.15) is 18.4 Å². The molecule has 1 aliphatic heterocycles. The minimum Gasteiger partial charge on any atom is -0.377 e. The number of halogens is 1. The van der Waals surface area contributed by atoms with E-state index < -0.39 is 10.0 Å². The Balaban J connectivity index is 1.57. The second-order valence-corrected chi connectivity index (χ2v) is 8.53. The highest BCUT2D eigenvalue weighted by molar-refractivity contribution is 7.89. The molecule has 0 aromatic heterocycles. The third kappa shape index (κ3) is 5.65. The molecule has 3 rings (SSSR count). The van der Waals surface area contributed by atoms with Gasteiger partial charge in [-0.2, -0.15) is 0 Å². The number of hydrogen-bond acceptors (Lipinski definition) is 4. The van der Waals surface area contributed by atoms with Gasteiger partial charge in [0, 0.05) is 29.9 Å². The van der Waals surface area contributed by atoms with Gasteiger partial charge in [0.25, 0.3) is 0 Å². The van der Waals surface area contributed by atoms with Crippen molar-refractivity contribution in [2.24, 2.45) is 0 Å². The van der Waals surface area contributed by atoms with E-state index in [-0.39, 0.29) is 23.5 Å². The monoisotopic (exact) mass is 420 g/mol. The van der Waals surface area contributed by atoms with Crippen LogP contribution in [0.15, 0.2) is 59.5 Å². The zero-order chi connectivity index (χ0) is 20.0. The third-order valence-electron chi connectivity index (χ3n) is 4.28. The highest BCUT2D eigenvalue weighted by Gasteiger charge is 2.20. The van der Waals surface area contributed by atoms with E-state index in [0.29, 0.717) is 17.3 Å². The minimum atomic E-state index is -3.62. The second kappa shape index (κ2) is 9.34. The number of sulfonamides is 1. The fourth-order valence-electron chi connectivity index (χ4n) is 2.77. The van der Waals surface area contributed by atoms with Gasteiger partial charge in [0.05, 0.1) is 11.0 Å². The van der Waals surface area contributed by atoms with E-state index in [0.717, 1.165) is 18.4 Å². The van der Waals surface area contributed by atoms with Gasteiger partial charge in [0.2, 0.25) is 15.9 Å². The van der Waals surface area contributed by atoms with Crippen LogP contribution in [0.4, 0.5) is 5.69 Å². The highest BCUT2D eigenvalue weighted by Crippen LogP contribution is 2.18. The number of amides is 1. The molecule has 6 nitrogen and oxygen atoms in total. The SMILES string of the molecule is O=C(C=Cc1ccccc1Cl)Nc1ccc(S(=O)(=O)NCC2CCCO2)cc1. The van der Waals surface area contributed by atoms with Crippen LogP contribution in [0, 0.1) is 0 Å². The van der Waals surface area contributed by atoms with Crippen molar-refractivity contribution >= 4 is 39.3 Å². The molecule has 0 radical (unpaired) electrons. The average molecular weight is 421 g/mol. The van der Waals surface area contributed by atoms with Crippen molar-refractivity contribution in [3.05, 3.63) is 65.2 Å². The summed E-state index contributed by atoms with van der Waals surface area (Å²) in [4.78, 5) is 12.2. The maximum Gasteiger partial charge on any atom is 0.248 e. The maximum absolute atomic E-state index is 12.3. The number of carbonyl (C=O) groups is 1. The van der Waals surface area contributed by atoms with E-state index in [1.807, 2.05) is 12.1 Å². The molecule has 1 atom stereocenters. The van der Waals surface area contributed by atoms with Gasteiger partial charge in [-0.15, -0.1) is 0 Å². The van der Waals surface area contributed by atoms with Crippen LogP contribution in [-0.2, 0) is 19.6 Å². The van der Waals surface area contributed by atoms with Gasteiger partial charge >= 0.3 is 0 Å². The van der Waals surface area contributed by atoms with Gasteiger partial charge in [0.1, 0.15) is 0 Å². The lowest BCUT2D eigenvalue weighted by molar-refractivity contribution is -0.111. The summed E-state index contributed by atoms with van der Waals surface area (Å²) >= 11 is 6.04. The van der Waals surface area contributed by atoms with Crippen molar-refractivity contribution in [2.75, 3.05) is 18.5 Å². The van der Waals surface area contributed by atoms with Crippen molar-refractivity contribution in [1.29, 1.82) is 0 Å². The Kier molecular flexibility index (Phi) is 6.85. The third-order valence-corrected chi connectivity index (χ3v) is 6.06. The number of nitrogens with one attached hydrogen (secondary N) is 2. The fraction of sp³-hybridized carbons (Fsp3) is 0.250. The predicted octanol–water partition coefficient (Wildman–Crippen LogP) is 3.45. The van der Waals surface area contributed by atoms with Gasteiger partial charge in [-0.25, -0.2) is 13.1 Å². The van der Waals surface area contributed by atoms with Crippen LogP contribution in [0.2, 0.25) is 5.02 Å². The molecule has 0 aliphatic carbocycles. The molecule has 1 amide bonds. The van der Waals surface area contributed by atoms with Crippen molar-refractivity contribution < 1.29 is 17.9 Å². The van der Waals surface area contributed by atoms with Crippen molar-refractivity contribution in [3.63, 3.8) is 0 Å². The summed E-state index contributed by atoms with van der Waals surface area (Å²) in [5.74, 6) is -0.341. The number of ether oxygens (including phenoxy) is 1. The smallest absolute Gasteiger partial charge is 0.248 e. The highest BCUT2D eigenvalue weighted by atomic mass is 35.5. The molecule has 2 N–H and O–H groups in total. The topological polar surface area (TPSA) is 84.5 Å². The first-order valence-corrected chi connectivity index (χ1v) is 10.7. The molecule has 1 fully saturated rings. The van der Waals surface area contributed by atoms with Gasteiger partial charge in [-0.3, -0.25) is 4.79 Å². The van der Waals surface area contributed by atoms with Crippen molar-refractivity contribution in [3.8, 4) is 0 Å². The van der Waals surface area contributed by atoms with Gasteiger partial charge < -0.3 is 10.1 Å². The normalized spacial score (nSPS) is 17.1. The van der Waals surface area contributed by atoms with Crippen molar-refractivity contribution in [2.45, 2.75) is 23.8 Å². The lowest BCUT2D eigenvalue weighted by atomic mass is 10.2. The maximum atomic E-state index is 12.3. The standard InChI is InChI=1S/C20H21ClN2O4S/c21-19-6-2-1-4-15(19)7-12-20(24)23-16-8-10-18(11-9-16)28(25,26)22-14-17-5-3-13-27-17/h1-2,4,6-12,17,22H,3,5,13-14H2,(H,23,24). The molecule has 28 heavy (non-hydrogen) atoms. The predicted molar refractivity (Wildman–Crippen MR) is 110 cm³/mol. The van der Waals surface area contributed by atoms with E-state index >= 15 is 0 Å². The van der Waals surface area contributed by atoms with Crippen LogP contribution >= 0.6 is 11.6 Å². The fourth-order valence-corrected chi connectivity index (χ4v) is 4.03. The first kappa shape index (κ1) is 20.5. The van der Waals surface area contributed by atoms with E-state index in [1.165, 1.54) is 18.2 Å². The Morgan fingerprint density at radius 1 is 1.18 bits per heavy atom. The van der Waals surface area contributed by atoms with Gasteiger partial charge in [0.15, 0.2) is 0 Å². The Morgan fingerprint density at radius 3 is 2.61 bits per heavy atom.